The number of carbonyl (C=O) groups is 1. The summed E-state index contributed by atoms with van der Waals surface area (Å²) in [5.41, 5.74) is 3.01. The molecule has 0 unspecified atom stereocenters. The maximum atomic E-state index is 13.1. The molecule has 0 aliphatic carbocycles. The Labute approximate surface area is 175 Å². The van der Waals surface area contributed by atoms with Gasteiger partial charge in [0.2, 0.25) is 0 Å². The third-order valence-corrected chi connectivity index (χ3v) is 5.33. The zero-order valence-electron chi connectivity index (χ0n) is 15.3. The van der Waals surface area contributed by atoms with Gasteiger partial charge in [0.1, 0.15) is 16.7 Å². The standard InChI is InChI=1S/C20H15ClFN5OS/c1-12-17(18(21)27(26-12)10-13-5-7-14(22)8-6-13)19(28)25-20-24-16(11-29-20)15-4-2-3-9-23-15/h2-9,11H,10H2,1H3,(H,24,25,28). The van der Waals surface area contributed by atoms with E-state index in [0.29, 0.717) is 23.1 Å². The summed E-state index contributed by atoms with van der Waals surface area (Å²) in [5.74, 6) is -0.704. The molecule has 0 saturated heterocycles. The molecular formula is C20H15ClFN5OS. The van der Waals surface area contributed by atoms with Crippen LogP contribution in [0.3, 0.4) is 0 Å². The van der Waals surface area contributed by atoms with Crippen molar-refractivity contribution in [3.63, 3.8) is 0 Å². The molecule has 146 valence electrons. The molecule has 4 rings (SSSR count). The quantitative estimate of drug-likeness (QED) is 0.496. The molecule has 0 atom stereocenters. The molecule has 3 aromatic heterocycles. The van der Waals surface area contributed by atoms with Crippen molar-refractivity contribution in [2.45, 2.75) is 13.5 Å². The normalized spacial score (nSPS) is 10.9. The summed E-state index contributed by atoms with van der Waals surface area (Å²) in [6, 6.07) is 11.6. The van der Waals surface area contributed by atoms with Gasteiger partial charge < -0.3 is 0 Å². The zero-order valence-corrected chi connectivity index (χ0v) is 16.8. The van der Waals surface area contributed by atoms with Gasteiger partial charge in [-0.3, -0.25) is 15.1 Å². The summed E-state index contributed by atoms with van der Waals surface area (Å²) in [6.45, 7) is 2.04. The molecule has 0 bridgehead atoms. The van der Waals surface area contributed by atoms with Gasteiger partial charge in [0, 0.05) is 11.6 Å². The van der Waals surface area contributed by atoms with Crippen molar-refractivity contribution >= 4 is 34.0 Å². The molecule has 3 heterocycles. The molecule has 29 heavy (non-hydrogen) atoms. The van der Waals surface area contributed by atoms with Crippen LogP contribution in [0.4, 0.5) is 9.52 Å². The Bertz CT molecular complexity index is 1160. The highest BCUT2D eigenvalue weighted by molar-refractivity contribution is 7.14. The van der Waals surface area contributed by atoms with Crippen LogP contribution in [0.5, 0.6) is 0 Å². The van der Waals surface area contributed by atoms with E-state index in [-0.39, 0.29) is 22.4 Å². The predicted octanol–water partition coefficient (Wildman–Crippen LogP) is 4.80. The molecule has 0 radical (unpaired) electrons. The molecular weight excluding hydrogens is 413 g/mol. The van der Waals surface area contributed by atoms with E-state index < -0.39 is 0 Å². The van der Waals surface area contributed by atoms with E-state index in [2.05, 4.69) is 20.4 Å². The van der Waals surface area contributed by atoms with E-state index >= 15 is 0 Å². The van der Waals surface area contributed by atoms with Gasteiger partial charge in [-0.2, -0.15) is 5.10 Å². The monoisotopic (exact) mass is 427 g/mol. The van der Waals surface area contributed by atoms with Gasteiger partial charge in [-0.1, -0.05) is 29.8 Å². The average molecular weight is 428 g/mol. The van der Waals surface area contributed by atoms with Gasteiger partial charge in [-0.05, 0) is 36.8 Å². The topological polar surface area (TPSA) is 72.7 Å². The first-order valence-corrected chi connectivity index (χ1v) is 9.92. The van der Waals surface area contributed by atoms with Crippen LogP contribution in [-0.4, -0.2) is 25.7 Å². The van der Waals surface area contributed by atoms with Crippen LogP contribution in [0.25, 0.3) is 11.4 Å². The molecule has 1 amide bonds. The van der Waals surface area contributed by atoms with Crippen LogP contribution < -0.4 is 5.32 Å². The number of carbonyl (C=O) groups excluding carboxylic acids is 1. The zero-order chi connectivity index (χ0) is 20.4. The van der Waals surface area contributed by atoms with Crippen LogP contribution in [0.1, 0.15) is 21.6 Å². The highest BCUT2D eigenvalue weighted by atomic mass is 35.5. The first-order chi connectivity index (χ1) is 14.0. The number of nitrogens with one attached hydrogen (secondary N) is 1. The molecule has 4 aromatic rings. The average Bonchev–Trinajstić information content (AvgIpc) is 3.28. The minimum Gasteiger partial charge on any atom is -0.298 e. The van der Waals surface area contributed by atoms with Crippen LogP contribution in [0, 0.1) is 12.7 Å². The molecule has 0 spiro atoms. The minimum atomic E-state index is -0.389. The molecule has 0 aliphatic rings. The van der Waals surface area contributed by atoms with E-state index in [0.717, 1.165) is 11.3 Å². The summed E-state index contributed by atoms with van der Waals surface area (Å²) in [5, 5.41) is 9.59. The molecule has 1 N–H and O–H groups in total. The first kappa shape index (κ1) is 19.2. The smallest absolute Gasteiger partial charge is 0.262 e. The lowest BCUT2D eigenvalue weighted by molar-refractivity contribution is 0.102. The highest BCUT2D eigenvalue weighted by Crippen LogP contribution is 2.26. The number of thiazole rings is 1. The second kappa shape index (κ2) is 8.10. The number of amides is 1. The molecule has 0 aliphatic heterocycles. The van der Waals surface area contributed by atoms with E-state index in [1.807, 2.05) is 23.6 Å². The van der Waals surface area contributed by atoms with Crippen molar-refractivity contribution in [2.75, 3.05) is 5.32 Å². The fourth-order valence-corrected chi connectivity index (χ4v) is 3.82. The largest absolute Gasteiger partial charge is 0.298 e. The molecule has 9 heteroatoms. The van der Waals surface area contributed by atoms with Crippen LogP contribution in [-0.2, 0) is 6.54 Å². The summed E-state index contributed by atoms with van der Waals surface area (Å²) >= 11 is 7.71. The lowest BCUT2D eigenvalue weighted by Gasteiger charge is -2.04. The minimum absolute atomic E-state index is 0.214. The Morgan fingerprint density at radius 3 is 2.72 bits per heavy atom. The lowest BCUT2D eigenvalue weighted by atomic mass is 10.2. The second-order valence-electron chi connectivity index (χ2n) is 6.24. The van der Waals surface area contributed by atoms with Crippen molar-refractivity contribution in [3.05, 3.63) is 81.8 Å². The van der Waals surface area contributed by atoms with Crippen LogP contribution in [0.15, 0.2) is 54.0 Å². The van der Waals surface area contributed by atoms with E-state index in [1.165, 1.54) is 28.2 Å². The Balaban J connectivity index is 1.52. The molecule has 6 nitrogen and oxygen atoms in total. The van der Waals surface area contributed by atoms with Gasteiger partial charge in [0.05, 0.1) is 23.5 Å². The Morgan fingerprint density at radius 1 is 1.21 bits per heavy atom. The van der Waals surface area contributed by atoms with Crippen molar-refractivity contribution in [3.8, 4) is 11.4 Å². The number of pyridine rings is 1. The molecule has 0 saturated carbocycles. The van der Waals surface area contributed by atoms with Crippen molar-refractivity contribution in [1.82, 2.24) is 19.7 Å². The number of aromatic nitrogens is 4. The number of hydrogen-bond donors (Lipinski definition) is 1. The Kier molecular flexibility index (Phi) is 5.37. The number of hydrogen-bond acceptors (Lipinski definition) is 5. The fraction of sp³-hybridized carbons (Fsp3) is 0.100. The van der Waals surface area contributed by atoms with E-state index in [1.54, 1.807) is 25.3 Å². The Morgan fingerprint density at radius 2 is 2.00 bits per heavy atom. The van der Waals surface area contributed by atoms with Crippen molar-refractivity contribution < 1.29 is 9.18 Å². The first-order valence-electron chi connectivity index (χ1n) is 8.67. The number of benzene rings is 1. The van der Waals surface area contributed by atoms with Gasteiger partial charge >= 0.3 is 0 Å². The third kappa shape index (κ3) is 4.18. The van der Waals surface area contributed by atoms with Gasteiger partial charge in [0.25, 0.3) is 5.91 Å². The molecule has 1 aromatic carbocycles. The second-order valence-corrected chi connectivity index (χ2v) is 7.46. The van der Waals surface area contributed by atoms with Crippen LogP contribution >= 0.6 is 22.9 Å². The maximum Gasteiger partial charge on any atom is 0.262 e. The predicted molar refractivity (Wildman–Crippen MR) is 111 cm³/mol. The summed E-state index contributed by atoms with van der Waals surface area (Å²) in [7, 11) is 0. The van der Waals surface area contributed by atoms with E-state index in [9.17, 15) is 9.18 Å². The van der Waals surface area contributed by atoms with Gasteiger partial charge in [-0.25, -0.2) is 14.1 Å². The summed E-state index contributed by atoms with van der Waals surface area (Å²) in [6.07, 6.45) is 1.69. The van der Waals surface area contributed by atoms with E-state index in [4.69, 9.17) is 11.6 Å². The fourth-order valence-electron chi connectivity index (χ4n) is 2.80. The number of nitrogens with zero attached hydrogens (tertiary/aromatic N) is 4. The Hall–Kier alpha value is -3.10. The van der Waals surface area contributed by atoms with Crippen LogP contribution in [0.2, 0.25) is 5.15 Å². The van der Waals surface area contributed by atoms with Crippen molar-refractivity contribution in [1.29, 1.82) is 0 Å². The number of halogens is 2. The number of aryl methyl sites for hydroxylation is 1. The molecule has 0 fully saturated rings. The number of rotatable bonds is 5. The summed E-state index contributed by atoms with van der Waals surface area (Å²) in [4.78, 5) is 21.4. The third-order valence-electron chi connectivity index (χ3n) is 4.19. The summed E-state index contributed by atoms with van der Waals surface area (Å²) < 4.78 is 14.6. The van der Waals surface area contributed by atoms with Crippen molar-refractivity contribution in [2.24, 2.45) is 0 Å². The highest BCUT2D eigenvalue weighted by Gasteiger charge is 2.21. The van der Waals surface area contributed by atoms with Gasteiger partial charge in [0.15, 0.2) is 5.13 Å². The SMILES string of the molecule is Cc1nn(Cc2ccc(F)cc2)c(Cl)c1C(=O)Nc1nc(-c2ccccn2)cs1. The lowest BCUT2D eigenvalue weighted by Crippen LogP contribution is -2.13. The maximum absolute atomic E-state index is 13.1. The van der Waals surface area contributed by atoms with Gasteiger partial charge in [-0.15, -0.1) is 11.3 Å². The number of anilines is 1.